The third-order valence-corrected chi connectivity index (χ3v) is 3.33. The minimum absolute atomic E-state index is 0.277. The van der Waals surface area contributed by atoms with Gasteiger partial charge in [0, 0.05) is 24.8 Å². The predicted octanol–water partition coefficient (Wildman–Crippen LogP) is 2.72. The molecule has 0 spiro atoms. The molecule has 1 aliphatic rings. The van der Waals surface area contributed by atoms with Crippen molar-refractivity contribution in [2.45, 2.75) is 45.3 Å². The summed E-state index contributed by atoms with van der Waals surface area (Å²) in [4.78, 5) is 6.59. The molecule has 0 aliphatic carbocycles. The van der Waals surface area contributed by atoms with E-state index in [4.69, 9.17) is 4.74 Å². The summed E-state index contributed by atoms with van der Waals surface area (Å²) >= 11 is 0. The van der Waals surface area contributed by atoms with Crippen molar-refractivity contribution in [3.63, 3.8) is 0 Å². The van der Waals surface area contributed by atoms with Crippen LogP contribution in [0.2, 0.25) is 0 Å². The lowest BCUT2D eigenvalue weighted by Gasteiger charge is -2.40. The van der Waals surface area contributed by atoms with Gasteiger partial charge in [-0.25, -0.2) is 0 Å². The van der Waals surface area contributed by atoms with Gasteiger partial charge < -0.3 is 4.74 Å². The zero-order chi connectivity index (χ0) is 12.3. The van der Waals surface area contributed by atoms with E-state index in [1.54, 1.807) is 12.4 Å². The Hall–Kier alpha value is -1.09. The van der Waals surface area contributed by atoms with Crippen molar-refractivity contribution in [2.24, 2.45) is 0 Å². The summed E-state index contributed by atoms with van der Waals surface area (Å²) < 4.78 is 5.93. The molecule has 0 aromatic carbocycles. The molecular formula is C14H22N2O. The highest BCUT2D eigenvalue weighted by molar-refractivity contribution is 5.15. The maximum Gasteiger partial charge on any atom is 0.137 e. The van der Waals surface area contributed by atoms with Gasteiger partial charge in [-0.1, -0.05) is 0 Å². The number of ether oxygens (including phenoxy) is 1. The van der Waals surface area contributed by atoms with E-state index >= 15 is 0 Å². The molecule has 0 radical (unpaired) electrons. The van der Waals surface area contributed by atoms with Crippen LogP contribution < -0.4 is 4.74 Å². The molecule has 0 atom stereocenters. The molecule has 0 saturated carbocycles. The zero-order valence-corrected chi connectivity index (χ0v) is 11.0. The maximum absolute atomic E-state index is 5.93. The van der Waals surface area contributed by atoms with Crippen LogP contribution in [0.15, 0.2) is 24.5 Å². The highest BCUT2D eigenvalue weighted by atomic mass is 16.5. The molecule has 1 aliphatic heterocycles. The third-order valence-electron chi connectivity index (χ3n) is 3.33. The Kier molecular flexibility index (Phi) is 3.67. The van der Waals surface area contributed by atoms with Crippen LogP contribution in [0.1, 0.15) is 33.6 Å². The summed E-state index contributed by atoms with van der Waals surface area (Å²) in [5.41, 5.74) is 0.277. The molecule has 2 heterocycles. The Morgan fingerprint density at radius 2 is 2.00 bits per heavy atom. The second-order valence-corrected chi connectivity index (χ2v) is 5.66. The summed E-state index contributed by atoms with van der Waals surface area (Å²) in [6, 6.07) is 3.89. The van der Waals surface area contributed by atoms with Crippen LogP contribution in [0.25, 0.3) is 0 Å². The highest BCUT2D eigenvalue weighted by Gasteiger charge is 2.27. The Labute approximate surface area is 104 Å². The van der Waals surface area contributed by atoms with Gasteiger partial charge in [-0.05, 0) is 45.7 Å². The fourth-order valence-electron chi connectivity index (χ4n) is 2.25. The Morgan fingerprint density at radius 1 is 1.29 bits per heavy atom. The predicted molar refractivity (Wildman–Crippen MR) is 69.2 cm³/mol. The van der Waals surface area contributed by atoms with Crippen LogP contribution in [0.4, 0.5) is 0 Å². The van der Waals surface area contributed by atoms with Gasteiger partial charge in [0.05, 0.1) is 6.20 Å². The second kappa shape index (κ2) is 5.05. The van der Waals surface area contributed by atoms with E-state index in [1.165, 1.54) is 0 Å². The van der Waals surface area contributed by atoms with E-state index in [0.29, 0.717) is 6.10 Å². The van der Waals surface area contributed by atoms with Crippen molar-refractivity contribution in [1.82, 2.24) is 9.88 Å². The van der Waals surface area contributed by atoms with E-state index in [1.807, 2.05) is 12.1 Å². The van der Waals surface area contributed by atoms with E-state index in [9.17, 15) is 0 Å². The highest BCUT2D eigenvalue weighted by Crippen LogP contribution is 2.23. The van der Waals surface area contributed by atoms with Gasteiger partial charge in [0.25, 0.3) is 0 Å². The number of hydrogen-bond acceptors (Lipinski definition) is 3. The quantitative estimate of drug-likeness (QED) is 0.786. The van der Waals surface area contributed by atoms with Crippen molar-refractivity contribution in [2.75, 3.05) is 13.1 Å². The smallest absolute Gasteiger partial charge is 0.137 e. The molecule has 0 amide bonds. The molecule has 3 heteroatoms. The minimum Gasteiger partial charge on any atom is -0.489 e. The third kappa shape index (κ3) is 3.43. The molecule has 0 bridgehead atoms. The summed E-state index contributed by atoms with van der Waals surface area (Å²) in [5, 5.41) is 0. The van der Waals surface area contributed by atoms with Crippen LogP contribution in [0.5, 0.6) is 5.75 Å². The Bertz CT molecular complexity index is 337. The molecule has 3 nitrogen and oxygen atoms in total. The average molecular weight is 234 g/mol. The molecule has 0 unspecified atom stereocenters. The van der Waals surface area contributed by atoms with E-state index < -0.39 is 0 Å². The molecule has 2 rings (SSSR count). The molecule has 1 aromatic heterocycles. The molecule has 1 saturated heterocycles. The first-order valence-electron chi connectivity index (χ1n) is 6.37. The van der Waals surface area contributed by atoms with Crippen molar-refractivity contribution < 1.29 is 4.74 Å². The summed E-state index contributed by atoms with van der Waals surface area (Å²) in [6.45, 7) is 9.06. The van der Waals surface area contributed by atoms with Gasteiger partial charge in [0.1, 0.15) is 11.9 Å². The van der Waals surface area contributed by atoms with Gasteiger partial charge in [0.2, 0.25) is 0 Å². The number of piperidine rings is 1. The maximum atomic E-state index is 5.93. The Balaban J connectivity index is 1.84. The topological polar surface area (TPSA) is 25.4 Å². The standard InChI is InChI=1S/C14H22N2O/c1-14(2,3)16-9-6-12(7-10-16)17-13-5-4-8-15-11-13/h4-5,8,11-12H,6-7,9-10H2,1-3H3. The van der Waals surface area contributed by atoms with Crippen LogP contribution in [0.3, 0.4) is 0 Å². The monoisotopic (exact) mass is 234 g/mol. The van der Waals surface area contributed by atoms with Gasteiger partial charge in [0.15, 0.2) is 0 Å². The molecule has 0 N–H and O–H groups in total. The normalized spacial score (nSPS) is 19.2. The van der Waals surface area contributed by atoms with Crippen molar-refractivity contribution in [3.05, 3.63) is 24.5 Å². The summed E-state index contributed by atoms with van der Waals surface area (Å²) in [5.74, 6) is 0.890. The Morgan fingerprint density at radius 3 is 2.53 bits per heavy atom. The number of likely N-dealkylation sites (tertiary alicyclic amines) is 1. The first-order chi connectivity index (χ1) is 8.05. The number of pyridine rings is 1. The van der Waals surface area contributed by atoms with E-state index in [-0.39, 0.29) is 5.54 Å². The first-order valence-corrected chi connectivity index (χ1v) is 6.37. The van der Waals surface area contributed by atoms with Crippen molar-refractivity contribution in [3.8, 4) is 5.75 Å². The molecule has 94 valence electrons. The van der Waals surface area contributed by atoms with Gasteiger partial charge in [-0.3, -0.25) is 9.88 Å². The van der Waals surface area contributed by atoms with Crippen LogP contribution in [-0.2, 0) is 0 Å². The first kappa shape index (κ1) is 12.4. The van der Waals surface area contributed by atoms with Crippen LogP contribution in [0, 0.1) is 0 Å². The lowest BCUT2D eigenvalue weighted by Crippen LogP contribution is -2.48. The number of rotatable bonds is 2. The lowest BCUT2D eigenvalue weighted by atomic mass is 9.99. The van der Waals surface area contributed by atoms with Crippen molar-refractivity contribution in [1.29, 1.82) is 0 Å². The number of hydrogen-bond donors (Lipinski definition) is 0. The van der Waals surface area contributed by atoms with Crippen molar-refractivity contribution >= 4 is 0 Å². The average Bonchev–Trinajstić information content (AvgIpc) is 2.30. The second-order valence-electron chi connectivity index (χ2n) is 5.66. The van der Waals surface area contributed by atoms with Gasteiger partial charge >= 0.3 is 0 Å². The number of aromatic nitrogens is 1. The minimum atomic E-state index is 0.277. The zero-order valence-electron chi connectivity index (χ0n) is 11.0. The summed E-state index contributed by atoms with van der Waals surface area (Å²) in [7, 11) is 0. The molecule has 17 heavy (non-hydrogen) atoms. The van der Waals surface area contributed by atoms with Gasteiger partial charge in [-0.2, -0.15) is 0 Å². The molecule has 1 aromatic rings. The largest absolute Gasteiger partial charge is 0.489 e. The van der Waals surface area contributed by atoms with Gasteiger partial charge in [-0.15, -0.1) is 0 Å². The lowest BCUT2D eigenvalue weighted by molar-refractivity contribution is 0.0490. The summed E-state index contributed by atoms with van der Waals surface area (Å²) in [6.07, 6.45) is 6.11. The van der Waals surface area contributed by atoms with Crippen LogP contribution in [-0.4, -0.2) is 34.6 Å². The van der Waals surface area contributed by atoms with Crippen LogP contribution >= 0.6 is 0 Å². The SMILES string of the molecule is CC(C)(C)N1CCC(Oc2cccnc2)CC1. The molecular weight excluding hydrogens is 212 g/mol. The van der Waals surface area contributed by atoms with E-state index in [2.05, 4.69) is 30.7 Å². The fraction of sp³-hybridized carbons (Fsp3) is 0.643. The van der Waals surface area contributed by atoms with E-state index in [0.717, 1.165) is 31.7 Å². The fourth-order valence-corrected chi connectivity index (χ4v) is 2.25. The molecule has 1 fully saturated rings. The number of nitrogens with zero attached hydrogens (tertiary/aromatic N) is 2.